The summed E-state index contributed by atoms with van der Waals surface area (Å²) in [5.41, 5.74) is 2.60. The van der Waals surface area contributed by atoms with Crippen LogP contribution in [0.15, 0.2) is 24.3 Å². The molecule has 21 heavy (non-hydrogen) atoms. The van der Waals surface area contributed by atoms with Crippen LogP contribution in [0, 0.1) is 12.8 Å². The summed E-state index contributed by atoms with van der Waals surface area (Å²) in [7, 11) is 0. The van der Waals surface area contributed by atoms with Crippen molar-refractivity contribution in [2.75, 3.05) is 36.0 Å². The molecule has 1 unspecified atom stereocenters. The van der Waals surface area contributed by atoms with Gasteiger partial charge in [0.2, 0.25) is 5.91 Å². The van der Waals surface area contributed by atoms with Crippen molar-refractivity contribution in [2.45, 2.75) is 26.7 Å². The number of amides is 1. The standard InChI is InChI=1S/C17H26N2OS/c1-3-21-11-9-17(20)18-12-15-8-10-19(13-15)16-6-4-14(2)5-7-16/h4-7,15H,3,8-13H2,1-2H3,(H,18,20). The summed E-state index contributed by atoms with van der Waals surface area (Å²) in [5, 5.41) is 3.09. The van der Waals surface area contributed by atoms with Gasteiger partial charge in [0.25, 0.3) is 0 Å². The average molecular weight is 306 g/mol. The Morgan fingerprint density at radius 1 is 1.38 bits per heavy atom. The first-order chi connectivity index (χ1) is 10.2. The summed E-state index contributed by atoms with van der Waals surface area (Å²) in [5.74, 6) is 2.79. The van der Waals surface area contributed by atoms with Crippen LogP contribution in [0.4, 0.5) is 5.69 Å². The molecular weight excluding hydrogens is 280 g/mol. The molecule has 0 spiro atoms. The summed E-state index contributed by atoms with van der Waals surface area (Å²) in [6.07, 6.45) is 1.81. The van der Waals surface area contributed by atoms with Gasteiger partial charge in [0.15, 0.2) is 0 Å². The van der Waals surface area contributed by atoms with Gasteiger partial charge < -0.3 is 10.2 Å². The first kappa shape index (κ1) is 16.2. The minimum atomic E-state index is 0.199. The normalized spacial score (nSPS) is 18.0. The fourth-order valence-electron chi connectivity index (χ4n) is 2.65. The van der Waals surface area contributed by atoms with Crippen LogP contribution in [0.3, 0.4) is 0 Å². The van der Waals surface area contributed by atoms with E-state index in [4.69, 9.17) is 0 Å². The molecule has 2 rings (SSSR count). The van der Waals surface area contributed by atoms with E-state index >= 15 is 0 Å². The maximum atomic E-state index is 11.7. The molecular formula is C17H26N2OS. The van der Waals surface area contributed by atoms with Crippen LogP contribution in [0.1, 0.15) is 25.3 Å². The van der Waals surface area contributed by atoms with E-state index in [1.54, 1.807) is 0 Å². The van der Waals surface area contributed by atoms with Crippen molar-refractivity contribution in [1.82, 2.24) is 5.32 Å². The van der Waals surface area contributed by atoms with Gasteiger partial charge in [-0.1, -0.05) is 24.6 Å². The minimum absolute atomic E-state index is 0.199. The molecule has 1 heterocycles. The smallest absolute Gasteiger partial charge is 0.220 e. The maximum absolute atomic E-state index is 11.7. The van der Waals surface area contributed by atoms with E-state index in [2.05, 4.69) is 48.3 Å². The molecule has 0 aliphatic carbocycles. The van der Waals surface area contributed by atoms with Gasteiger partial charge in [0.05, 0.1) is 0 Å². The number of thioether (sulfide) groups is 1. The van der Waals surface area contributed by atoms with E-state index in [9.17, 15) is 4.79 Å². The first-order valence-corrected chi connectivity index (χ1v) is 9.00. The summed E-state index contributed by atoms with van der Waals surface area (Å²) < 4.78 is 0. The molecule has 0 radical (unpaired) electrons. The highest BCUT2D eigenvalue weighted by molar-refractivity contribution is 7.99. The highest BCUT2D eigenvalue weighted by Crippen LogP contribution is 2.23. The second-order valence-corrected chi connectivity index (χ2v) is 7.08. The third kappa shape index (κ3) is 5.27. The Balaban J connectivity index is 1.70. The molecule has 1 aromatic carbocycles. The second kappa shape index (κ2) is 8.32. The Labute approximate surface area is 132 Å². The lowest BCUT2D eigenvalue weighted by Crippen LogP contribution is -2.31. The molecule has 0 bridgehead atoms. The molecule has 3 nitrogen and oxygen atoms in total. The van der Waals surface area contributed by atoms with Crippen LogP contribution in [0.5, 0.6) is 0 Å². The molecule has 1 atom stereocenters. The number of hydrogen-bond acceptors (Lipinski definition) is 3. The van der Waals surface area contributed by atoms with E-state index in [1.165, 1.54) is 11.3 Å². The van der Waals surface area contributed by atoms with Crippen molar-refractivity contribution in [3.63, 3.8) is 0 Å². The zero-order valence-electron chi connectivity index (χ0n) is 13.1. The van der Waals surface area contributed by atoms with Crippen LogP contribution in [0.2, 0.25) is 0 Å². The third-order valence-corrected chi connectivity index (χ3v) is 4.85. The number of nitrogens with one attached hydrogen (secondary N) is 1. The fourth-order valence-corrected chi connectivity index (χ4v) is 3.26. The molecule has 1 N–H and O–H groups in total. The Morgan fingerprint density at radius 2 is 2.14 bits per heavy atom. The lowest BCUT2D eigenvalue weighted by atomic mass is 10.1. The lowest BCUT2D eigenvalue weighted by molar-refractivity contribution is -0.120. The first-order valence-electron chi connectivity index (χ1n) is 7.85. The van der Waals surface area contributed by atoms with E-state index in [-0.39, 0.29) is 5.91 Å². The predicted octanol–water partition coefficient (Wildman–Crippen LogP) is 3.08. The Morgan fingerprint density at radius 3 is 2.86 bits per heavy atom. The number of aryl methyl sites for hydroxylation is 1. The van der Waals surface area contributed by atoms with Gasteiger partial charge in [-0.2, -0.15) is 11.8 Å². The molecule has 116 valence electrons. The number of carbonyl (C=O) groups excluding carboxylic acids is 1. The van der Waals surface area contributed by atoms with E-state index in [0.29, 0.717) is 12.3 Å². The van der Waals surface area contributed by atoms with Crippen molar-refractivity contribution in [3.05, 3.63) is 29.8 Å². The number of hydrogen-bond donors (Lipinski definition) is 1. The number of benzene rings is 1. The van der Waals surface area contributed by atoms with Crippen LogP contribution in [0.25, 0.3) is 0 Å². The number of rotatable bonds is 7. The SMILES string of the molecule is CCSCCC(=O)NCC1CCN(c2ccc(C)cc2)C1. The zero-order valence-corrected chi connectivity index (χ0v) is 13.9. The molecule has 0 aromatic heterocycles. The van der Waals surface area contributed by atoms with Crippen LogP contribution in [-0.4, -0.2) is 37.0 Å². The van der Waals surface area contributed by atoms with Gasteiger partial charge in [-0.15, -0.1) is 0 Å². The number of anilines is 1. The summed E-state index contributed by atoms with van der Waals surface area (Å²) >= 11 is 1.82. The van der Waals surface area contributed by atoms with Gasteiger partial charge >= 0.3 is 0 Å². The molecule has 1 aliphatic heterocycles. The van der Waals surface area contributed by atoms with Gasteiger partial charge in [0.1, 0.15) is 0 Å². The lowest BCUT2D eigenvalue weighted by Gasteiger charge is -2.19. The van der Waals surface area contributed by atoms with Crippen molar-refractivity contribution < 1.29 is 4.79 Å². The molecule has 1 aromatic rings. The van der Waals surface area contributed by atoms with Gasteiger partial charge in [-0.25, -0.2) is 0 Å². The van der Waals surface area contributed by atoms with Crippen molar-refractivity contribution in [3.8, 4) is 0 Å². The molecule has 0 saturated carbocycles. The van der Waals surface area contributed by atoms with E-state index in [1.807, 2.05) is 11.8 Å². The van der Waals surface area contributed by atoms with Crippen molar-refractivity contribution in [2.24, 2.45) is 5.92 Å². The monoisotopic (exact) mass is 306 g/mol. The summed E-state index contributed by atoms with van der Waals surface area (Å²) in [6.45, 7) is 7.20. The van der Waals surface area contributed by atoms with Gasteiger partial charge in [-0.05, 0) is 37.1 Å². The highest BCUT2D eigenvalue weighted by Gasteiger charge is 2.22. The average Bonchev–Trinajstić information content (AvgIpc) is 2.95. The van der Waals surface area contributed by atoms with Crippen LogP contribution >= 0.6 is 11.8 Å². The summed E-state index contributed by atoms with van der Waals surface area (Å²) in [6, 6.07) is 8.71. The van der Waals surface area contributed by atoms with Crippen molar-refractivity contribution >= 4 is 23.4 Å². The van der Waals surface area contributed by atoms with Crippen molar-refractivity contribution in [1.29, 1.82) is 0 Å². The quantitative estimate of drug-likeness (QED) is 0.786. The van der Waals surface area contributed by atoms with Gasteiger partial charge in [-0.3, -0.25) is 4.79 Å². The molecule has 1 saturated heterocycles. The maximum Gasteiger partial charge on any atom is 0.220 e. The molecule has 1 aliphatic rings. The minimum Gasteiger partial charge on any atom is -0.371 e. The van der Waals surface area contributed by atoms with E-state index < -0.39 is 0 Å². The van der Waals surface area contributed by atoms with Crippen LogP contribution in [-0.2, 0) is 4.79 Å². The van der Waals surface area contributed by atoms with Gasteiger partial charge in [0, 0.05) is 37.5 Å². The third-order valence-electron chi connectivity index (χ3n) is 3.95. The second-order valence-electron chi connectivity index (χ2n) is 5.69. The fraction of sp³-hybridized carbons (Fsp3) is 0.588. The zero-order chi connectivity index (χ0) is 15.1. The molecule has 4 heteroatoms. The molecule has 1 fully saturated rings. The molecule has 1 amide bonds. The largest absolute Gasteiger partial charge is 0.371 e. The Hall–Kier alpha value is -1.16. The Kier molecular flexibility index (Phi) is 6.43. The van der Waals surface area contributed by atoms with Crippen LogP contribution < -0.4 is 10.2 Å². The number of nitrogens with zero attached hydrogens (tertiary/aromatic N) is 1. The summed E-state index contributed by atoms with van der Waals surface area (Å²) in [4.78, 5) is 14.1. The Bertz CT molecular complexity index is 447. The topological polar surface area (TPSA) is 32.3 Å². The highest BCUT2D eigenvalue weighted by atomic mass is 32.2. The number of carbonyl (C=O) groups is 1. The van der Waals surface area contributed by atoms with E-state index in [0.717, 1.165) is 37.6 Å². The predicted molar refractivity (Wildman–Crippen MR) is 92.1 cm³/mol.